The molecule has 1 atom stereocenters. The molecule has 1 aliphatic carbocycles. The first-order chi connectivity index (χ1) is 16.5. The van der Waals surface area contributed by atoms with Gasteiger partial charge in [0.1, 0.15) is 5.76 Å². The molecule has 0 radical (unpaired) electrons. The summed E-state index contributed by atoms with van der Waals surface area (Å²) in [6.45, 7) is 1.67. The molecule has 2 N–H and O–H groups in total. The number of hydrogen-bond donors (Lipinski definition) is 2. The van der Waals surface area contributed by atoms with Crippen LogP contribution in [-0.4, -0.2) is 30.3 Å². The van der Waals surface area contributed by atoms with Crippen molar-refractivity contribution < 1.29 is 18.8 Å². The van der Waals surface area contributed by atoms with Crippen molar-refractivity contribution in [1.82, 2.24) is 10.6 Å². The number of nitrogens with zero attached hydrogens (tertiary/aromatic N) is 1. The summed E-state index contributed by atoms with van der Waals surface area (Å²) >= 11 is 1.30. The molecule has 1 fully saturated rings. The van der Waals surface area contributed by atoms with Crippen LogP contribution in [-0.2, 0) is 9.59 Å². The molecule has 0 bridgehead atoms. The third-order valence-corrected chi connectivity index (χ3v) is 6.83. The summed E-state index contributed by atoms with van der Waals surface area (Å²) in [6.07, 6.45) is 6.66. The summed E-state index contributed by atoms with van der Waals surface area (Å²) in [4.78, 5) is 41.5. The molecule has 1 aliphatic rings. The average molecular weight is 480 g/mol. The number of anilines is 1. The Morgan fingerprint density at radius 3 is 2.59 bits per heavy atom. The minimum atomic E-state index is -0.995. The molecule has 3 aromatic rings. The molecule has 8 heteroatoms. The van der Waals surface area contributed by atoms with Crippen LogP contribution < -0.4 is 15.5 Å². The second kappa shape index (κ2) is 11.2. The lowest BCUT2D eigenvalue weighted by atomic mass is 9.95. The first kappa shape index (κ1) is 23.8. The van der Waals surface area contributed by atoms with E-state index in [-0.39, 0.29) is 24.4 Å². The molecule has 0 saturated heterocycles. The van der Waals surface area contributed by atoms with E-state index >= 15 is 0 Å². The highest BCUT2D eigenvalue weighted by Gasteiger charge is 2.36. The maximum absolute atomic E-state index is 13.6. The molecule has 1 aromatic carbocycles. The number of rotatable bonds is 8. The van der Waals surface area contributed by atoms with Crippen molar-refractivity contribution in [1.29, 1.82) is 0 Å². The van der Waals surface area contributed by atoms with Crippen LogP contribution in [0.25, 0.3) is 0 Å². The zero-order chi connectivity index (χ0) is 23.9. The fourth-order valence-electron chi connectivity index (χ4n) is 4.30. The summed E-state index contributed by atoms with van der Waals surface area (Å²) in [5.41, 5.74) is 1.51. The number of benzene rings is 1. The minimum absolute atomic E-state index is 0.0757. The van der Waals surface area contributed by atoms with Gasteiger partial charge in [0.05, 0.1) is 17.7 Å². The Bertz CT molecular complexity index is 1110. The van der Waals surface area contributed by atoms with E-state index in [0.29, 0.717) is 16.3 Å². The minimum Gasteiger partial charge on any atom is -0.467 e. The zero-order valence-electron chi connectivity index (χ0n) is 19.2. The van der Waals surface area contributed by atoms with Crippen LogP contribution in [0.15, 0.2) is 64.6 Å². The second-order valence-electron chi connectivity index (χ2n) is 8.52. The van der Waals surface area contributed by atoms with E-state index in [0.717, 1.165) is 31.2 Å². The lowest BCUT2D eigenvalue weighted by molar-refractivity contribution is -0.127. The van der Waals surface area contributed by atoms with E-state index in [4.69, 9.17) is 4.42 Å². The van der Waals surface area contributed by atoms with Crippen LogP contribution in [0, 0.1) is 6.92 Å². The number of amides is 3. The Hall–Kier alpha value is -3.39. The Balaban J connectivity index is 1.63. The Kier molecular flexibility index (Phi) is 7.80. The van der Waals surface area contributed by atoms with Gasteiger partial charge in [-0.05, 0) is 61.0 Å². The topological polar surface area (TPSA) is 91.7 Å². The molecule has 3 amide bonds. The summed E-state index contributed by atoms with van der Waals surface area (Å²) < 4.78 is 5.63. The van der Waals surface area contributed by atoms with E-state index in [1.165, 1.54) is 28.9 Å². The van der Waals surface area contributed by atoms with Crippen molar-refractivity contribution in [3.05, 3.63) is 76.4 Å². The molecular weight excluding hydrogens is 450 g/mol. The highest BCUT2D eigenvalue weighted by molar-refractivity contribution is 7.12. The van der Waals surface area contributed by atoms with Gasteiger partial charge in [0.15, 0.2) is 6.04 Å². The number of thiophene rings is 1. The van der Waals surface area contributed by atoms with Gasteiger partial charge >= 0.3 is 0 Å². The maximum Gasteiger partial charge on any atom is 0.261 e. The first-order valence-electron chi connectivity index (χ1n) is 11.6. The van der Waals surface area contributed by atoms with Crippen LogP contribution in [0.4, 0.5) is 5.69 Å². The largest absolute Gasteiger partial charge is 0.467 e. The van der Waals surface area contributed by atoms with Gasteiger partial charge < -0.3 is 15.1 Å². The third-order valence-electron chi connectivity index (χ3n) is 5.96. The molecule has 2 heterocycles. The van der Waals surface area contributed by atoms with Crippen molar-refractivity contribution >= 4 is 34.7 Å². The Morgan fingerprint density at radius 1 is 1.09 bits per heavy atom. The predicted octanol–water partition coefficient (Wildman–Crippen LogP) is 4.60. The smallest absolute Gasteiger partial charge is 0.261 e. The van der Waals surface area contributed by atoms with Crippen LogP contribution in [0.5, 0.6) is 0 Å². The van der Waals surface area contributed by atoms with Crippen molar-refractivity contribution in [3.63, 3.8) is 0 Å². The Labute approximate surface area is 203 Å². The number of nitrogens with one attached hydrogen (secondary N) is 2. The first-order valence-corrected chi connectivity index (χ1v) is 12.4. The standard InChI is InChI=1S/C26H29N3O4S/c1-18-8-5-11-20(16-18)29(23(30)17-27-25(31)22-13-7-15-34-22)24(21-12-6-14-33-21)26(32)28-19-9-3-2-4-10-19/h5-8,11-16,19,24H,2-4,9-10,17H2,1H3,(H,27,31)(H,28,32). The third kappa shape index (κ3) is 5.75. The lowest BCUT2D eigenvalue weighted by Crippen LogP contribution is -2.49. The molecule has 4 rings (SSSR count). The fraction of sp³-hybridized carbons (Fsp3) is 0.346. The van der Waals surface area contributed by atoms with Crippen molar-refractivity contribution in [2.24, 2.45) is 0 Å². The van der Waals surface area contributed by atoms with Gasteiger partial charge in [-0.1, -0.05) is 37.5 Å². The van der Waals surface area contributed by atoms with Gasteiger partial charge in [-0.25, -0.2) is 0 Å². The van der Waals surface area contributed by atoms with Crippen molar-refractivity contribution in [3.8, 4) is 0 Å². The van der Waals surface area contributed by atoms with Crippen molar-refractivity contribution in [2.45, 2.75) is 51.1 Å². The van der Waals surface area contributed by atoms with E-state index in [9.17, 15) is 14.4 Å². The van der Waals surface area contributed by atoms with Crippen LogP contribution >= 0.6 is 11.3 Å². The second-order valence-corrected chi connectivity index (χ2v) is 9.47. The van der Waals surface area contributed by atoms with E-state index in [2.05, 4.69) is 10.6 Å². The molecule has 2 aromatic heterocycles. The average Bonchev–Trinajstić information content (AvgIpc) is 3.56. The molecule has 1 saturated carbocycles. The zero-order valence-corrected chi connectivity index (χ0v) is 20.0. The predicted molar refractivity (Wildman–Crippen MR) is 132 cm³/mol. The summed E-state index contributed by atoms with van der Waals surface area (Å²) in [5.74, 6) is -0.654. The number of furan rings is 1. The number of aryl methyl sites for hydroxylation is 1. The van der Waals surface area contributed by atoms with Gasteiger partial charge in [-0.3, -0.25) is 19.3 Å². The maximum atomic E-state index is 13.6. The van der Waals surface area contributed by atoms with Gasteiger partial charge in [0.2, 0.25) is 5.91 Å². The number of carbonyl (C=O) groups excluding carboxylic acids is 3. The van der Waals surface area contributed by atoms with Crippen LogP contribution in [0.1, 0.15) is 59.1 Å². The SMILES string of the molecule is Cc1cccc(N(C(=O)CNC(=O)c2cccs2)C(C(=O)NC2CCCCC2)c2ccco2)c1. The monoisotopic (exact) mass is 479 g/mol. The van der Waals surface area contributed by atoms with Gasteiger partial charge in [-0.15, -0.1) is 11.3 Å². The van der Waals surface area contributed by atoms with E-state index < -0.39 is 11.9 Å². The summed E-state index contributed by atoms with van der Waals surface area (Å²) in [6, 6.07) is 13.4. The van der Waals surface area contributed by atoms with Gasteiger partial charge in [-0.2, -0.15) is 0 Å². The Morgan fingerprint density at radius 2 is 1.91 bits per heavy atom. The molecule has 0 aliphatic heterocycles. The fourth-order valence-corrected chi connectivity index (χ4v) is 4.94. The molecule has 178 valence electrons. The lowest BCUT2D eigenvalue weighted by Gasteiger charge is -2.32. The summed E-state index contributed by atoms with van der Waals surface area (Å²) in [7, 11) is 0. The quantitative estimate of drug-likeness (QED) is 0.494. The van der Waals surface area contributed by atoms with Crippen molar-refractivity contribution in [2.75, 3.05) is 11.4 Å². The van der Waals surface area contributed by atoms with E-state index in [1.54, 1.807) is 35.7 Å². The highest BCUT2D eigenvalue weighted by atomic mass is 32.1. The van der Waals surface area contributed by atoms with E-state index in [1.807, 2.05) is 25.1 Å². The molecule has 1 unspecified atom stereocenters. The molecule has 34 heavy (non-hydrogen) atoms. The van der Waals surface area contributed by atoms with Gasteiger partial charge in [0.25, 0.3) is 11.8 Å². The van der Waals surface area contributed by atoms with Gasteiger partial charge in [0, 0.05) is 11.7 Å². The molecule has 7 nitrogen and oxygen atoms in total. The molecule has 0 spiro atoms. The highest BCUT2D eigenvalue weighted by Crippen LogP contribution is 2.30. The normalized spacial score (nSPS) is 14.9. The molecular formula is C26H29N3O4S. The summed E-state index contributed by atoms with van der Waals surface area (Å²) in [5, 5.41) is 7.63. The number of hydrogen-bond acceptors (Lipinski definition) is 5. The van der Waals surface area contributed by atoms with Crippen LogP contribution in [0.3, 0.4) is 0 Å². The number of carbonyl (C=O) groups is 3. The van der Waals surface area contributed by atoms with Crippen LogP contribution in [0.2, 0.25) is 0 Å².